The summed E-state index contributed by atoms with van der Waals surface area (Å²) in [5, 5.41) is 0. The maximum absolute atomic E-state index is 13.1. The van der Waals surface area contributed by atoms with Gasteiger partial charge in [0.2, 0.25) is 10.0 Å². The Morgan fingerprint density at radius 2 is 1.64 bits per heavy atom. The average Bonchev–Trinajstić information content (AvgIpc) is 2.45. The predicted octanol–water partition coefficient (Wildman–Crippen LogP) is 3.26. The lowest BCUT2D eigenvalue weighted by Gasteiger charge is -2.14. The quantitative estimate of drug-likeness (QED) is 0.886. The van der Waals surface area contributed by atoms with E-state index in [1.54, 1.807) is 6.92 Å². The molecule has 0 amide bonds. The molecule has 0 aliphatic rings. The number of nitrogens with one attached hydrogen (secondary N) is 1. The lowest BCUT2D eigenvalue weighted by Crippen LogP contribution is -2.33. The molecule has 0 saturated heterocycles. The van der Waals surface area contributed by atoms with Crippen LogP contribution in [0.15, 0.2) is 53.4 Å². The fraction of sp³-hybridized carbons (Fsp3) is 0.250. The zero-order chi connectivity index (χ0) is 16.2. The van der Waals surface area contributed by atoms with Crippen LogP contribution in [0.4, 0.5) is 8.78 Å². The predicted molar refractivity (Wildman–Crippen MR) is 80.9 cm³/mol. The van der Waals surface area contributed by atoms with Crippen LogP contribution in [-0.2, 0) is 16.4 Å². The van der Waals surface area contributed by atoms with Crippen LogP contribution in [0, 0.1) is 11.6 Å². The molecule has 0 radical (unpaired) electrons. The molecule has 0 fully saturated rings. The summed E-state index contributed by atoms with van der Waals surface area (Å²) in [5.74, 6) is -1.84. The second kappa shape index (κ2) is 6.98. The SMILES string of the molecule is CC(CCc1ccccc1)NS(=O)(=O)c1cc(F)cc(F)c1. The standard InChI is InChI=1S/C16H17F2NO2S/c1-12(7-8-13-5-3-2-4-6-13)19-22(20,21)16-10-14(17)9-15(18)11-16/h2-6,9-12,19H,7-8H2,1H3. The van der Waals surface area contributed by atoms with Gasteiger partial charge in [0.05, 0.1) is 4.90 Å². The van der Waals surface area contributed by atoms with Crippen LogP contribution in [0.3, 0.4) is 0 Å². The highest BCUT2D eigenvalue weighted by molar-refractivity contribution is 7.89. The van der Waals surface area contributed by atoms with Crippen molar-refractivity contribution in [2.24, 2.45) is 0 Å². The van der Waals surface area contributed by atoms with Crippen molar-refractivity contribution in [2.75, 3.05) is 0 Å². The second-order valence-electron chi connectivity index (χ2n) is 5.15. The maximum Gasteiger partial charge on any atom is 0.241 e. The summed E-state index contributed by atoms with van der Waals surface area (Å²) in [4.78, 5) is -0.406. The van der Waals surface area contributed by atoms with E-state index in [2.05, 4.69) is 4.72 Å². The fourth-order valence-electron chi connectivity index (χ4n) is 2.10. The molecular weight excluding hydrogens is 308 g/mol. The molecular formula is C16H17F2NO2S. The first-order chi connectivity index (χ1) is 10.4. The van der Waals surface area contributed by atoms with E-state index in [1.807, 2.05) is 30.3 Å². The van der Waals surface area contributed by atoms with E-state index in [0.29, 0.717) is 18.9 Å². The molecule has 0 bridgehead atoms. The zero-order valence-corrected chi connectivity index (χ0v) is 12.9. The van der Waals surface area contributed by atoms with Crippen molar-refractivity contribution in [1.82, 2.24) is 4.72 Å². The minimum atomic E-state index is -3.94. The van der Waals surface area contributed by atoms with E-state index >= 15 is 0 Å². The molecule has 118 valence electrons. The normalized spacial score (nSPS) is 13.0. The monoisotopic (exact) mass is 325 g/mol. The maximum atomic E-state index is 13.1. The smallest absolute Gasteiger partial charge is 0.208 e. The van der Waals surface area contributed by atoms with Gasteiger partial charge in [-0.3, -0.25) is 0 Å². The summed E-state index contributed by atoms with van der Waals surface area (Å²) in [6.07, 6.45) is 1.29. The molecule has 2 rings (SSSR count). The van der Waals surface area contributed by atoms with Gasteiger partial charge in [-0.25, -0.2) is 21.9 Å². The minimum absolute atomic E-state index is 0.350. The van der Waals surface area contributed by atoms with Crippen molar-refractivity contribution >= 4 is 10.0 Å². The number of hydrogen-bond donors (Lipinski definition) is 1. The van der Waals surface area contributed by atoms with Crippen LogP contribution in [-0.4, -0.2) is 14.5 Å². The Balaban J connectivity index is 2.01. The molecule has 1 unspecified atom stereocenters. The van der Waals surface area contributed by atoms with Crippen molar-refractivity contribution in [3.05, 3.63) is 65.7 Å². The molecule has 2 aromatic rings. The van der Waals surface area contributed by atoms with Gasteiger partial charge in [0.15, 0.2) is 0 Å². The highest BCUT2D eigenvalue weighted by atomic mass is 32.2. The molecule has 22 heavy (non-hydrogen) atoms. The number of rotatable bonds is 6. The molecule has 2 aromatic carbocycles. The number of halogens is 2. The summed E-state index contributed by atoms with van der Waals surface area (Å²) in [6, 6.07) is 11.6. The van der Waals surface area contributed by atoms with Crippen molar-refractivity contribution in [3.63, 3.8) is 0 Å². The summed E-state index contributed by atoms with van der Waals surface area (Å²) in [5.41, 5.74) is 1.10. The van der Waals surface area contributed by atoms with Crippen molar-refractivity contribution in [1.29, 1.82) is 0 Å². The van der Waals surface area contributed by atoms with Crippen molar-refractivity contribution in [3.8, 4) is 0 Å². The van der Waals surface area contributed by atoms with Gasteiger partial charge in [0, 0.05) is 12.1 Å². The lowest BCUT2D eigenvalue weighted by atomic mass is 10.1. The molecule has 1 N–H and O–H groups in total. The van der Waals surface area contributed by atoms with Crippen molar-refractivity contribution < 1.29 is 17.2 Å². The van der Waals surface area contributed by atoms with Crippen LogP contribution in [0.1, 0.15) is 18.9 Å². The topological polar surface area (TPSA) is 46.2 Å². The van der Waals surface area contributed by atoms with Crippen LogP contribution in [0.2, 0.25) is 0 Å². The molecule has 3 nitrogen and oxygen atoms in total. The molecule has 0 saturated carbocycles. The van der Waals surface area contributed by atoms with Gasteiger partial charge in [-0.15, -0.1) is 0 Å². The summed E-state index contributed by atoms with van der Waals surface area (Å²) < 4.78 is 52.9. The highest BCUT2D eigenvalue weighted by Crippen LogP contribution is 2.15. The van der Waals surface area contributed by atoms with E-state index in [1.165, 1.54) is 0 Å². The van der Waals surface area contributed by atoms with Gasteiger partial charge in [0.1, 0.15) is 11.6 Å². The number of benzene rings is 2. The van der Waals surface area contributed by atoms with Gasteiger partial charge in [-0.05, 0) is 37.5 Å². The Morgan fingerprint density at radius 1 is 1.05 bits per heavy atom. The first kappa shape index (κ1) is 16.6. The molecule has 0 aliphatic heterocycles. The summed E-state index contributed by atoms with van der Waals surface area (Å²) in [6.45, 7) is 1.72. The van der Waals surface area contributed by atoms with E-state index in [-0.39, 0.29) is 6.04 Å². The third-order valence-electron chi connectivity index (χ3n) is 3.21. The first-order valence-corrected chi connectivity index (χ1v) is 8.37. The molecule has 1 atom stereocenters. The third kappa shape index (κ3) is 4.61. The number of sulfonamides is 1. The Morgan fingerprint density at radius 3 is 2.23 bits per heavy atom. The van der Waals surface area contributed by atoms with E-state index < -0.39 is 26.6 Å². The Hall–Kier alpha value is -1.79. The van der Waals surface area contributed by atoms with Crippen LogP contribution in [0.5, 0.6) is 0 Å². The second-order valence-corrected chi connectivity index (χ2v) is 6.87. The first-order valence-electron chi connectivity index (χ1n) is 6.89. The van der Waals surface area contributed by atoms with E-state index in [0.717, 1.165) is 17.7 Å². The molecule has 0 aliphatic carbocycles. The number of hydrogen-bond acceptors (Lipinski definition) is 2. The summed E-state index contributed by atoms with van der Waals surface area (Å²) >= 11 is 0. The minimum Gasteiger partial charge on any atom is -0.208 e. The third-order valence-corrected chi connectivity index (χ3v) is 4.78. The van der Waals surface area contributed by atoms with Crippen molar-refractivity contribution in [2.45, 2.75) is 30.7 Å². The van der Waals surface area contributed by atoms with Crippen LogP contribution >= 0.6 is 0 Å². The molecule has 0 heterocycles. The van der Waals surface area contributed by atoms with Gasteiger partial charge in [0.25, 0.3) is 0 Å². The van der Waals surface area contributed by atoms with Gasteiger partial charge >= 0.3 is 0 Å². The number of aryl methyl sites for hydroxylation is 1. The molecule has 0 spiro atoms. The summed E-state index contributed by atoms with van der Waals surface area (Å²) in [7, 11) is -3.94. The fourth-order valence-corrected chi connectivity index (χ4v) is 3.42. The van der Waals surface area contributed by atoms with Gasteiger partial charge in [-0.1, -0.05) is 30.3 Å². The Bertz CT molecular complexity index is 713. The van der Waals surface area contributed by atoms with Gasteiger partial charge in [-0.2, -0.15) is 0 Å². The molecule has 0 aromatic heterocycles. The lowest BCUT2D eigenvalue weighted by molar-refractivity contribution is 0.539. The zero-order valence-electron chi connectivity index (χ0n) is 12.1. The van der Waals surface area contributed by atoms with Crippen LogP contribution < -0.4 is 4.72 Å². The Labute approximate surface area is 129 Å². The Kier molecular flexibility index (Phi) is 5.26. The van der Waals surface area contributed by atoms with E-state index in [9.17, 15) is 17.2 Å². The van der Waals surface area contributed by atoms with Crippen LogP contribution in [0.25, 0.3) is 0 Å². The van der Waals surface area contributed by atoms with E-state index in [4.69, 9.17) is 0 Å². The van der Waals surface area contributed by atoms with Gasteiger partial charge < -0.3 is 0 Å². The largest absolute Gasteiger partial charge is 0.241 e. The average molecular weight is 325 g/mol. The molecule has 6 heteroatoms. The highest BCUT2D eigenvalue weighted by Gasteiger charge is 2.19.